The van der Waals surface area contributed by atoms with Gasteiger partial charge in [-0.05, 0) is 48.6 Å². The van der Waals surface area contributed by atoms with Crippen LogP contribution in [0, 0.1) is 12.8 Å². The van der Waals surface area contributed by atoms with Crippen molar-refractivity contribution in [2.24, 2.45) is 5.92 Å². The first kappa shape index (κ1) is 28.9. The van der Waals surface area contributed by atoms with Crippen molar-refractivity contribution in [2.45, 2.75) is 46.7 Å². The number of hydrogen-bond donors (Lipinski definition) is 1. The zero-order chi connectivity index (χ0) is 26.3. The molecule has 0 saturated carbocycles. The number of nitrogens with zero attached hydrogens (tertiary/aromatic N) is 2. The van der Waals surface area contributed by atoms with Gasteiger partial charge in [0.05, 0.1) is 11.9 Å². The van der Waals surface area contributed by atoms with E-state index in [1.807, 2.05) is 20.8 Å². The molecule has 0 spiro atoms. The summed E-state index contributed by atoms with van der Waals surface area (Å²) in [7, 11) is -3.84. The maximum atomic E-state index is 13.7. The third kappa shape index (κ3) is 7.85. The van der Waals surface area contributed by atoms with Gasteiger partial charge in [-0.2, -0.15) is 0 Å². The number of halogens is 2. The molecule has 0 aliphatic rings. The highest BCUT2D eigenvalue weighted by Crippen LogP contribution is 2.29. The summed E-state index contributed by atoms with van der Waals surface area (Å²) in [5, 5.41) is 3.72. The van der Waals surface area contributed by atoms with Crippen LogP contribution >= 0.6 is 23.2 Å². The van der Waals surface area contributed by atoms with Gasteiger partial charge in [0.25, 0.3) is 0 Å². The van der Waals surface area contributed by atoms with Gasteiger partial charge in [0, 0.05) is 23.1 Å². The second-order valence-electron chi connectivity index (χ2n) is 8.83. The zero-order valence-electron chi connectivity index (χ0n) is 20.7. The van der Waals surface area contributed by atoms with Gasteiger partial charge in [-0.15, -0.1) is 0 Å². The molecule has 2 aromatic carbocycles. The Bertz CT molecular complexity index is 1160. The highest BCUT2D eigenvalue weighted by molar-refractivity contribution is 7.92. The molecule has 0 aliphatic carbocycles. The van der Waals surface area contributed by atoms with Crippen LogP contribution in [0.25, 0.3) is 0 Å². The van der Waals surface area contributed by atoms with E-state index in [1.54, 1.807) is 49.4 Å². The van der Waals surface area contributed by atoms with Crippen molar-refractivity contribution in [3.05, 3.63) is 63.6 Å². The molecule has 0 radical (unpaired) electrons. The monoisotopic (exact) mass is 541 g/mol. The van der Waals surface area contributed by atoms with Crippen LogP contribution in [-0.2, 0) is 26.2 Å². The standard InChI is InChI=1S/C25H33Cl2N3O4S/c1-6-22(25(32)28-14-17(2)3)29(15-19-10-7-8-11-21(19)27)24(31)16-30(35(5,33)34)23-13-9-12-20(26)18(23)4/h7-13,17,22H,6,14-16H2,1-5H3,(H,28,32). The predicted molar refractivity (Wildman–Crippen MR) is 142 cm³/mol. The normalized spacial score (nSPS) is 12.3. The number of benzene rings is 2. The van der Waals surface area contributed by atoms with Crippen molar-refractivity contribution in [3.63, 3.8) is 0 Å². The number of carbonyl (C=O) groups excluding carboxylic acids is 2. The molecule has 7 nitrogen and oxygen atoms in total. The van der Waals surface area contributed by atoms with Crippen LogP contribution in [0.5, 0.6) is 0 Å². The summed E-state index contributed by atoms with van der Waals surface area (Å²) >= 11 is 12.6. The van der Waals surface area contributed by atoms with Gasteiger partial charge >= 0.3 is 0 Å². The summed E-state index contributed by atoms with van der Waals surface area (Å²) in [6, 6.07) is 11.1. The van der Waals surface area contributed by atoms with Crippen LogP contribution in [0.4, 0.5) is 5.69 Å². The molecule has 0 heterocycles. The van der Waals surface area contributed by atoms with E-state index in [-0.39, 0.29) is 18.4 Å². The lowest BCUT2D eigenvalue weighted by Gasteiger charge is -2.33. The number of nitrogens with one attached hydrogen (secondary N) is 1. The van der Waals surface area contributed by atoms with Crippen molar-refractivity contribution in [2.75, 3.05) is 23.7 Å². The van der Waals surface area contributed by atoms with Crippen LogP contribution in [0.2, 0.25) is 10.0 Å². The Morgan fingerprint density at radius 3 is 2.23 bits per heavy atom. The molecule has 0 fully saturated rings. The second-order valence-corrected chi connectivity index (χ2v) is 11.6. The molecule has 0 aromatic heterocycles. The molecule has 2 rings (SSSR count). The highest BCUT2D eigenvalue weighted by atomic mass is 35.5. The highest BCUT2D eigenvalue weighted by Gasteiger charge is 2.32. The molecule has 10 heteroatoms. The van der Waals surface area contributed by atoms with Gasteiger partial charge in [-0.1, -0.05) is 68.2 Å². The smallest absolute Gasteiger partial charge is 0.244 e. The van der Waals surface area contributed by atoms with E-state index in [1.165, 1.54) is 4.90 Å². The molecule has 192 valence electrons. The molecule has 1 N–H and O–H groups in total. The Morgan fingerprint density at radius 2 is 1.66 bits per heavy atom. The Kier molecular flexibility index (Phi) is 10.4. The molecule has 0 aliphatic heterocycles. The van der Waals surface area contributed by atoms with Crippen LogP contribution in [-0.4, -0.2) is 50.5 Å². The molecule has 1 unspecified atom stereocenters. The van der Waals surface area contributed by atoms with E-state index < -0.39 is 28.5 Å². The van der Waals surface area contributed by atoms with E-state index in [9.17, 15) is 18.0 Å². The van der Waals surface area contributed by atoms with Gasteiger partial charge in [-0.25, -0.2) is 8.42 Å². The molecule has 0 saturated heterocycles. The van der Waals surface area contributed by atoms with E-state index >= 15 is 0 Å². The Balaban J connectivity index is 2.48. The first-order valence-corrected chi connectivity index (χ1v) is 14.0. The number of rotatable bonds is 11. The van der Waals surface area contributed by atoms with Gasteiger partial charge in [-0.3, -0.25) is 13.9 Å². The van der Waals surface area contributed by atoms with Gasteiger partial charge in [0.15, 0.2) is 0 Å². The van der Waals surface area contributed by atoms with Crippen molar-refractivity contribution in [1.82, 2.24) is 10.2 Å². The summed E-state index contributed by atoms with van der Waals surface area (Å²) in [5.41, 5.74) is 1.50. The van der Waals surface area contributed by atoms with E-state index in [0.717, 1.165) is 10.6 Å². The van der Waals surface area contributed by atoms with Crippen LogP contribution < -0.4 is 9.62 Å². The molecular formula is C25H33Cl2N3O4S. The topological polar surface area (TPSA) is 86.8 Å². The summed E-state index contributed by atoms with van der Waals surface area (Å²) in [4.78, 5) is 28.2. The third-order valence-corrected chi connectivity index (χ3v) is 7.46. The minimum absolute atomic E-state index is 0.0538. The van der Waals surface area contributed by atoms with Crippen molar-refractivity contribution < 1.29 is 18.0 Å². The average molecular weight is 543 g/mol. The zero-order valence-corrected chi connectivity index (χ0v) is 23.0. The lowest BCUT2D eigenvalue weighted by atomic mass is 10.1. The molecule has 35 heavy (non-hydrogen) atoms. The largest absolute Gasteiger partial charge is 0.354 e. The van der Waals surface area contributed by atoms with Gasteiger partial charge < -0.3 is 10.2 Å². The van der Waals surface area contributed by atoms with E-state index in [2.05, 4.69) is 5.32 Å². The van der Waals surface area contributed by atoms with Crippen molar-refractivity contribution in [1.29, 1.82) is 0 Å². The number of anilines is 1. The van der Waals surface area contributed by atoms with Crippen LogP contribution in [0.3, 0.4) is 0 Å². The molecule has 2 amide bonds. The maximum absolute atomic E-state index is 13.7. The summed E-state index contributed by atoms with van der Waals surface area (Å²) in [6.07, 6.45) is 1.38. The first-order chi connectivity index (χ1) is 16.4. The van der Waals surface area contributed by atoms with Gasteiger partial charge in [0.2, 0.25) is 21.8 Å². The van der Waals surface area contributed by atoms with Crippen molar-refractivity contribution >= 4 is 50.7 Å². The predicted octanol–water partition coefficient (Wildman–Crippen LogP) is 4.65. The quantitative estimate of drug-likeness (QED) is 0.448. The fourth-order valence-electron chi connectivity index (χ4n) is 3.61. The minimum Gasteiger partial charge on any atom is -0.354 e. The SMILES string of the molecule is CCC(C(=O)NCC(C)C)N(Cc1ccccc1Cl)C(=O)CN(c1cccc(Cl)c1C)S(C)(=O)=O. The summed E-state index contributed by atoms with van der Waals surface area (Å²) in [6.45, 7) is 7.48. The molecule has 1 atom stereocenters. The molecular weight excluding hydrogens is 509 g/mol. The fourth-order valence-corrected chi connectivity index (χ4v) is 4.88. The first-order valence-electron chi connectivity index (χ1n) is 11.4. The Hall–Kier alpha value is -2.29. The number of sulfonamides is 1. The second kappa shape index (κ2) is 12.6. The maximum Gasteiger partial charge on any atom is 0.244 e. The Morgan fingerprint density at radius 1 is 1.03 bits per heavy atom. The number of hydrogen-bond acceptors (Lipinski definition) is 4. The molecule has 2 aromatic rings. The molecule has 0 bridgehead atoms. The third-order valence-electron chi connectivity index (χ3n) is 5.56. The van der Waals surface area contributed by atoms with Crippen molar-refractivity contribution in [3.8, 4) is 0 Å². The summed E-state index contributed by atoms with van der Waals surface area (Å²) < 4.78 is 26.5. The van der Waals surface area contributed by atoms with E-state index in [4.69, 9.17) is 23.2 Å². The number of amides is 2. The van der Waals surface area contributed by atoms with Crippen LogP contribution in [0.1, 0.15) is 38.3 Å². The summed E-state index contributed by atoms with van der Waals surface area (Å²) in [5.74, 6) is -0.594. The number of carbonyl (C=O) groups is 2. The lowest BCUT2D eigenvalue weighted by molar-refractivity contribution is -0.140. The minimum atomic E-state index is -3.84. The average Bonchev–Trinajstić information content (AvgIpc) is 2.78. The Labute approximate surface area is 218 Å². The fraction of sp³-hybridized carbons (Fsp3) is 0.440. The van der Waals surface area contributed by atoms with Crippen LogP contribution in [0.15, 0.2) is 42.5 Å². The van der Waals surface area contributed by atoms with E-state index in [0.29, 0.717) is 39.8 Å². The van der Waals surface area contributed by atoms with Gasteiger partial charge in [0.1, 0.15) is 12.6 Å². The lowest BCUT2D eigenvalue weighted by Crippen LogP contribution is -2.52.